The highest BCUT2D eigenvalue weighted by Crippen LogP contribution is 2.10. The SMILES string of the molecule is CCCCNC(=O)C(O)C(CCCC)N=[N+]=[N-]. The van der Waals surface area contributed by atoms with E-state index in [1.165, 1.54) is 0 Å². The summed E-state index contributed by atoms with van der Waals surface area (Å²) in [5.74, 6) is -0.452. The molecule has 2 unspecified atom stereocenters. The molecule has 0 heterocycles. The average molecular weight is 242 g/mol. The van der Waals surface area contributed by atoms with Crippen LogP contribution < -0.4 is 5.32 Å². The Bertz CT molecular complexity index is 264. The highest BCUT2D eigenvalue weighted by Gasteiger charge is 2.24. The predicted molar refractivity (Wildman–Crippen MR) is 66.4 cm³/mol. The summed E-state index contributed by atoms with van der Waals surface area (Å²) in [4.78, 5) is 14.2. The highest BCUT2D eigenvalue weighted by molar-refractivity contribution is 5.81. The average Bonchev–Trinajstić information content (AvgIpc) is 2.33. The summed E-state index contributed by atoms with van der Waals surface area (Å²) < 4.78 is 0. The van der Waals surface area contributed by atoms with Gasteiger partial charge in [-0.3, -0.25) is 4.79 Å². The van der Waals surface area contributed by atoms with Crippen molar-refractivity contribution in [3.05, 3.63) is 10.4 Å². The predicted octanol–water partition coefficient (Wildman–Crippen LogP) is 2.13. The highest BCUT2D eigenvalue weighted by atomic mass is 16.3. The molecule has 0 aliphatic heterocycles. The maximum Gasteiger partial charge on any atom is 0.249 e. The number of nitrogens with one attached hydrogen (secondary N) is 1. The number of carbonyl (C=O) groups is 1. The number of rotatable bonds is 9. The number of amides is 1. The van der Waals surface area contributed by atoms with E-state index in [2.05, 4.69) is 15.3 Å². The van der Waals surface area contributed by atoms with Crippen LogP contribution in [0, 0.1) is 0 Å². The Morgan fingerprint density at radius 1 is 1.41 bits per heavy atom. The Labute approximate surface area is 102 Å². The molecular formula is C11H22N4O2. The second-order valence-electron chi connectivity index (χ2n) is 4.00. The lowest BCUT2D eigenvalue weighted by atomic mass is 10.0. The Balaban J connectivity index is 4.22. The molecule has 2 N–H and O–H groups in total. The van der Waals surface area contributed by atoms with Crippen LogP contribution in [-0.2, 0) is 4.79 Å². The number of carbonyl (C=O) groups excluding carboxylic acids is 1. The summed E-state index contributed by atoms with van der Waals surface area (Å²) in [6.07, 6.45) is 2.90. The first-order valence-corrected chi connectivity index (χ1v) is 6.17. The maximum atomic E-state index is 11.6. The van der Waals surface area contributed by atoms with Crippen LogP contribution >= 0.6 is 0 Å². The summed E-state index contributed by atoms with van der Waals surface area (Å²) in [5, 5.41) is 15.9. The van der Waals surface area contributed by atoms with E-state index in [0.29, 0.717) is 13.0 Å². The number of aliphatic hydroxyl groups is 1. The number of hydrogen-bond acceptors (Lipinski definition) is 3. The van der Waals surface area contributed by atoms with Crippen LogP contribution in [0.25, 0.3) is 10.4 Å². The van der Waals surface area contributed by atoms with Gasteiger partial charge in [0.15, 0.2) is 0 Å². The van der Waals surface area contributed by atoms with Gasteiger partial charge in [0, 0.05) is 11.5 Å². The molecular weight excluding hydrogens is 220 g/mol. The van der Waals surface area contributed by atoms with Gasteiger partial charge in [0.25, 0.3) is 0 Å². The van der Waals surface area contributed by atoms with E-state index in [4.69, 9.17) is 5.53 Å². The minimum atomic E-state index is -1.24. The summed E-state index contributed by atoms with van der Waals surface area (Å²) in [6.45, 7) is 4.57. The minimum Gasteiger partial charge on any atom is -0.383 e. The molecule has 6 heteroatoms. The zero-order valence-corrected chi connectivity index (χ0v) is 10.6. The fourth-order valence-electron chi connectivity index (χ4n) is 1.43. The number of unbranched alkanes of at least 4 members (excludes halogenated alkanes) is 2. The van der Waals surface area contributed by atoms with E-state index in [-0.39, 0.29) is 0 Å². The molecule has 0 spiro atoms. The topological polar surface area (TPSA) is 98.1 Å². The quantitative estimate of drug-likeness (QED) is 0.280. The molecule has 0 rings (SSSR count). The molecule has 0 aliphatic carbocycles. The van der Waals surface area contributed by atoms with Crippen LogP contribution in [0.4, 0.5) is 0 Å². The molecule has 17 heavy (non-hydrogen) atoms. The second-order valence-corrected chi connectivity index (χ2v) is 4.00. The first-order chi connectivity index (χ1) is 8.17. The third-order valence-electron chi connectivity index (χ3n) is 2.52. The van der Waals surface area contributed by atoms with Crippen molar-refractivity contribution < 1.29 is 9.90 Å². The molecule has 2 atom stereocenters. The zero-order chi connectivity index (χ0) is 13.1. The molecule has 98 valence electrons. The van der Waals surface area contributed by atoms with Crippen LogP contribution in [0.15, 0.2) is 5.11 Å². The molecule has 0 fully saturated rings. The normalized spacial score (nSPS) is 13.6. The molecule has 0 aliphatic rings. The lowest BCUT2D eigenvalue weighted by molar-refractivity contribution is -0.130. The van der Waals surface area contributed by atoms with Crippen LogP contribution in [0.1, 0.15) is 46.0 Å². The maximum absolute atomic E-state index is 11.6. The Hall–Kier alpha value is -1.26. The van der Waals surface area contributed by atoms with Crippen molar-refractivity contribution in [3.8, 4) is 0 Å². The largest absolute Gasteiger partial charge is 0.383 e. The van der Waals surface area contributed by atoms with Gasteiger partial charge >= 0.3 is 0 Å². The molecule has 0 aromatic heterocycles. The van der Waals surface area contributed by atoms with E-state index in [1.54, 1.807) is 0 Å². The minimum absolute atomic E-state index is 0.452. The summed E-state index contributed by atoms with van der Waals surface area (Å²) in [6, 6.07) is -0.665. The van der Waals surface area contributed by atoms with Crippen molar-refractivity contribution in [1.29, 1.82) is 0 Å². The van der Waals surface area contributed by atoms with Gasteiger partial charge in [-0.25, -0.2) is 0 Å². The molecule has 1 amide bonds. The van der Waals surface area contributed by atoms with Gasteiger partial charge in [-0.1, -0.05) is 38.2 Å². The van der Waals surface area contributed by atoms with Gasteiger partial charge in [-0.15, -0.1) is 0 Å². The third-order valence-corrected chi connectivity index (χ3v) is 2.52. The fourth-order valence-corrected chi connectivity index (χ4v) is 1.43. The molecule has 0 aromatic carbocycles. The lowest BCUT2D eigenvalue weighted by Crippen LogP contribution is -2.41. The molecule has 0 saturated carbocycles. The standard InChI is InChI=1S/C11H22N4O2/c1-3-5-7-9(14-15-12)10(16)11(17)13-8-6-4-2/h9-10,16H,3-8H2,1-2H3,(H,13,17). The third kappa shape index (κ3) is 6.81. The summed E-state index contributed by atoms with van der Waals surface area (Å²) >= 11 is 0. The van der Waals surface area contributed by atoms with Crippen LogP contribution in [0.2, 0.25) is 0 Å². The van der Waals surface area contributed by atoms with Crippen molar-refractivity contribution in [3.63, 3.8) is 0 Å². The molecule has 0 saturated heterocycles. The van der Waals surface area contributed by atoms with E-state index in [0.717, 1.165) is 25.7 Å². The molecule has 0 bridgehead atoms. The van der Waals surface area contributed by atoms with Crippen LogP contribution in [0.5, 0.6) is 0 Å². The van der Waals surface area contributed by atoms with Crippen molar-refractivity contribution in [1.82, 2.24) is 5.32 Å². The summed E-state index contributed by atoms with van der Waals surface area (Å²) in [7, 11) is 0. The van der Waals surface area contributed by atoms with Gasteiger partial charge in [0.05, 0.1) is 6.04 Å². The lowest BCUT2D eigenvalue weighted by Gasteiger charge is -2.17. The first kappa shape index (κ1) is 15.7. The van der Waals surface area contributed by atoms with Gasteiger partial charge in [0.2, 0.25) is 5.91 Å². The number of hydrogen-bond donors (Lipinski definition) is 2. The Kier molecular flexibility index (Phi) is 9.19. The monoisotopic (exact) mass is 242 g/mol. The van der Waals surface area contributed by atoms with E-state index in [9.17, 15) is 9.90 Å². The molecule has 0 aromatic rings. The van der Waals surface area contributed by atoms with Gasteiger partial charge in [0.1, 0.15) is 6.10 Å². The molecule has 0 radical (unpaired) electrons. The van der Waals surface area contributed by atoms with Crippen molar-refractivity contribution in [2.75, 3.05) is 6.54 Å². The van der Waals surface area contributed by atoms with E-state index in [1.807, 2.05) is 13.8 Å². The number of nitrogens with zero attached hydrogens (tertiary/aromatic N) is 3. The van der Waals surface area contributed by atoms with Crippen LogP contribution in [-0.4, -0.2) is 29.7 Å². The van der Waals surface area contributed by atoms with E-state index >= 15 is 0 Å². The summed E-state index contributed by atoms with van der Waals surface area (Å²) in [5.41, 5.74) is 8.40. The number of aliphatic hydroxyl groups excluding tert-OH is 1. The smallest absolute Gasteiger partial charge is 0.249 e. The van der Waals surface area contributed by atoms with Gasteiger partial charge in [-0.05, 0) is 18.4 Å². The fraction of sp³-hybridized carbons (Fsp3) is 0.909. The van der Waals surface area contributed by atoms with Crippen molar-refractivity contribution in [2.24, 2.45) is 5.11 Å². The Morgan fingerprint density at radius 2 is 2.06 bits per heavy atom. The first-order valence-electron chi connectivity index (χ1n) is 6.17. The van der Waals surface area contributed by atoms with Crippen molar-refractivity contribution >= 4 is 5.91 Å². The van der Waals surface area contributed by atoms with Crippen molar-refractivity contribution in [2.45, 2.75) is 58.1 Å². The number of azide groups is 1. The van der Waals surface area contributed by atoms with Gasteiger partial charge < -0.3 is 10.4 Å². The van der Waals surface area contributed by atoms with Crippen LogP contribution in [0.3, 0.4) is 0 Å². The molecule has 6 nitrogen and oxygen atoms in total. The van der Waals surface area contributed by atoms with E-state index < -0.39 is 18.1 Å². The van der Waals surface area contributed by atoms with Gasteiger partial charge in [-0.2, -0.15) is 0 Å². The second kappa shape index (κ2) is 9.93. The zero-order valence-electron chi connectivity index (χ0n) is 10.6. The Morgan fingerprint density at radius 3 is 2.59 bits per heavy atom.